The van der Waals surface area contributed by atoms with Crippen molar-refractivity contribution in [1.29, 1.82) is 0 Å². The van der Waals surface area contributed by atoms with Crippen LogP contribution in [-0.4, -0.2) is 23.0 Å². The van der Waals surface area contributed by atoms with E-state index < -0.39 is 17.9 Å². The molecule has 0 saturated carbocycles. The van der Waals surface area contributed by atoms with Gasteiger partial charge in [0.1, 0.15) is 6.04 Å². The topological polar surface area (TPSA) is 106 Å². The Morgan fingerprint density at radius 3 is 2.11 bits per heavy atom. The molecule has 0 unspecified atom stereocenters. The minimum absolute atomic E-state index is 0.310. The minimum Gasteiger partial charge on any atom is -0.480 e. The van der Waals surface area contributed by atoms with E-state index in [2.05, 4.69) is 5.73 Å². The van der Waals surface area contributed by atoms with Gasteiger partial charge in [-0.3, -0.25) is 9.59 Å². The molecule has 9 heavy (non-hydrogen) atoms. The summed E-state index contributed by atoms with van der Waals surface area (Å²) in [5.74, 6) is -1.92. The molecule has 1 amide bonds. The standard InChI is InChI=1S/C4H8N2O3/c5-2(4(8)9)1-3(6)7/h2H,1,5H2,(H2,6,7)(H,8,9)/t2-/m0/s1/i3+1. The van der Waals surface area contributed by atoms with Crippen LogP contribution in [0.5, 0.6) is 0 Å². The van der Waals surface area contributed by atoms with Gasteiger partial charge in [0, 0.05) is 0 Å². The minimum atomic E-state index is -1.21. The molecule has 0 fully saturated rings. The van der Waals surface area contributed by atoms with Gasteiger partial charge in [0.2, 0.25) is 5.91 Å². The molecule has 0 bridgehead atoms. The highest BCUT2D eigenvalue weighted by atomic mass is 16.4. The molecular weight excluding hydrogens is 125 g/mol. The maximum Gasteiger partial charge on any atom is 0.321 e. The van der Waals surface area contributed by atoms with Crippen molar-refractivity contribution in [2.24, 2.45) is 11.5 Å². The van der Waals surface area contributed by atoms with Gasteiger partial charge in [0.15, 0.2) is 0 Å². The van der Waals surface area contributed by atoms with Crippen molar-refractivity contribution in [3.8, 4) is 0 Å². The number of nitrogens with two attached hydrogens (primary N) is 2. The number of hydrogen-bond acceptors (Lipinski definition) is 3. The van der Waals surface area contributed by atoms with Gasteiger partial charge in [-0.05, 0) is 0 Å². The Kier molecular flexibility index (Phi) is 2.66. The van der Waals surface area contributed by atoms with Gasteiger partial charge in [0.05, 0.1) is 6.42 Å². The molecule has 5 heteroatoms. The van der Waals surface area contributed by atoms with E-state index in [1.54, 1.807) is 0 Å². The maximum atomic E-state index is 9.99. The van der Waals surface area contributed by atoms with Gasteiger partial charge < -0.3 is 16.6 Å². The number of aliphatic carboxylic acids is 1. The van der Waals surface area contributed by atoms with Crippen molar-refractivity contribution in [2.75, 3.05) is 0 Å². The second-order valence-corrected chi connectivity index (χ2v) is 1.62. The van der Waals surface area contributed by atoms with Crippen LogP contribution in [0.3, 0.4) is 0 Å². The molecule has 1 atom stereocenters. The summed E-state index contributed by atoms with van der Waals surface area (Å²) in [6.45, 7) is 0. The summed E-state index contributed by atoms with van der Waals surface area (Å²) in [7, 11) is 0. The highest BCUT2D eigenvalue weighted by Crippen LogP contribution is 1.84. The first kappa shape index (κ1) is 7.90. The SMILES string of the molecule is N[C@@H](C[13C](N)=O)C(=O)O. The molecule has 0 aromatic rings. The number of primary amides is 1. The molecule has 0 aliphatic carbocycles. The van der Waals surface area contributed by atoms with E-state index in [1.807, 2.05) is 0 Å². The molecule has 0 heterocycles. The molecule has 0 aliphatic rings. The molecule has 0 saturated heterocycles. The summed E-state index contributed by atoms with van der Waals surface area (Å²) in [5.41, 5.74) is 9.57. The predicted molar refractivity (Wildman–Crippen MR) is 29.4 cm³/mol. The lowest BCUT2D eigenvalue weighted by atomic mass is 10.3. The quantitative estimate of drug-likeness (QED) is 0.398. The molecule has 0 aromatic carbocycles. The van der Waals surface area contributed by atoms with Crippen LogP contribution in [0.2, 0.25) is 0 Å². The number of carboxylic acids is 1. The van der Waals surface area contributed by atoms with Crippen LogP contribution in [-0.2, 0) is 9.59 Å². The predicted octanol–water partition coefficient (Wildman–Crippen LogP) is -1.73. The number of carbonyl (C=O) groups excluding carboxylic acids is 1. The zero-order valence-corrected chi connectivity index (χ0v) is 4.70. The Morgan fingerprint density at radius 2 is 2.00 bits per heavy atom. The molecule has 0 spiro atoms. The lowest BCUT2D eigenvalue weighted by Crippen LogP contribution is -2.34. The van der Waals surface area contributed by atoms with Crippen molar-refractivity contribution in [3.05, 3.63) is 0 Å². The van der Waals surface area contributed by atoms with Crippen molar-refractivity contribution < 1.29 is 14.7 Å². The van der Waals surface area contributed by atoms with E-state index in [-0.39, 0.29) is 6.42 Å². The Bertz CT molecular complexity index is 134. The van der Waals surface area contributed by atoms with E-state index >= 15 is 0 Å². The zero-order valence-electron chi connectivity index (χ0n) is 4.70. The Hall–Kier alpha value is -1.10. The summed E-state index contributed by atoms with van der Waals surface area (Å²) in [4.78, 5) is 19.9. The number of amides is 1. The molecule has 5 nitrogen and oxygen atoms in total. The van der Waals surface area contributed by atoms with Gasteiger partial charge in [-0.15, -0.1) is 0 Å². The zero-order chi connectivity index (χ0) is 7.44. The molecule has 0 aromatic heterocycles. The molecule has 0 rings (SSSR count). The van der Waals surface area contributed by atoms with Crippen LogP contribution in [0.4, 0.5) is 0 Å². The molecule has 5 N–H and O–H groups in total. The fourth-order valence-electron chi connectivity index (χ4n) is 0.304. The highest BCUT2D eigenvalue weighted by molar-refractivity contribution is 5.82. The fraction of sp³-hybridized carbons (Fsp3) is 0.500. The number of carbonyl (C=O) groups is 2. The van der Waals surface area contributed by atoms with E-state index in [0.29, 0.717) is 0 Å². The van der Waals surface area contributed by atoms with E-state index in [4.69, 9.17) is 10.8 Å². The van der Waals surface area contributed by atoms with Gasteiger partial charge in [-0.2, -0.15) is 0 Å². The number of rotatable bonds is 3. The first-order valence-corrected chi connectivity index (χ1v) is 2.30. The largest absolute Gasteiger partial charge is 0.480 e. The van der Waals surface area contributed by atoms with Crippen LogP contribution in [0, 0.1) is 0 Å². The summed E-state index contributed by atoms with van der Waals surface area (Å²) < 4.78 is 0. The van der Waals surface area contributed by atoms with Crippen molar-refractivity contribution in [2.45, 2.75) is 12.5 Å². The normalized spacial score (nSPS) is 12.6. The van der Waals surface area contributed by atoms with Crippen molar-refractivity contribution >= 4 is 11.9 Å². The third-order valence-corrected chi connectivity index (χ3v) is 0.738. The molecule has 0 radical (unpaired) electrons. The first-order chi connectivity index (χ1) is 4.04. The Balaban J connectivity index is 3.63. The number of hydrogen-bond donors (Lipinski definition) is 3. The van der Waals surface area contributed by atoms with Gasteiger partial charge >= 0.3 is 5.97 Å². The third kappa shape index (κ3) is 3.48. The second-order valence-electron chi connectivity index (χ2n) is 1.62. The fourth-order valence-corrected chi connectivity index (χ4v) is 0.304. The first-order valence-electron chi connectivity index (χ1n) is 2.30. The molecular formula is C4H8N2O3. The average Bonchev–Trinajstić information content (AvgIpc) is 1.63. The van der Waals surface area contributed by atoms with Crippen molar-refractivity contribution in [1.82, 2.24) is 0 Å². The van der Waals surface area contributed by atoms with Crippen LogP contribution in [0.25, 0.3) is 0 Å². The van der Waals surface area contributed by atoms with E-state index in [9.17, 15) is 9.59 Å². The summed E-state index contributed by atoms with van der Waals surface area (Å²) in [6.07, 6.45) is -0.310. The molecule has 52 valence electrons. The summed E-state index contributed by atoms with van der Waals surface area (Å²) >= 11 is 0. The summed E-state index contributed by atoms with van der Waals surface area (Å²) in [6, 6.07) is -1.16. The lowest BCUT2D eigenvalue weighted by Gasteiger charge is -1.99. The van der Waals surface area contributed by atoms with Crippen LogP contribution in [0.1, 0.15) is 6.42 Å². The van der Waals surface area contributed by atoms with Gasteiger partial charge in [-0.25, -0.2) is 0 Å². The number of carboxylic acid groups (broad SMARTS) is 1. The third-order valence-electron chi connectivity index (χ3n) is 0.738. The smallest absolute Gasteiger partial charge is 0.321 e. The average molecular weight is 133 g/mol. The Labute approximate surface area is 51.6 Å². The van der Waals surface area contributed by atoms with Crippen LogP contribution in [0.15, 0.2) is 0 Å². The Morgan fingerprint density at radius 1 is 1.56 bits per heavy atom. The van der Waals surface area contributed by atoms with Gasteiger partial charge in [-0.1, -0.05) is 0 Å². The molecule has 0 aliphatic heterocycles. The van der Waals surface area contributed by atoms with Crippen molar-refractivity contribution in [3.63, 3.8) is 0 Å². The lowest BCUT2D eigenvalue weighted by molar-refractivity contribution is -0.140. The highest BCUT2D eigenvalue weighted by Gasteiger charge is 2.13. The monoisotopic (exact) mass is 133 g/mol. The second kappa shape index (κ2) is 3.03. The maximum absolute atomic E-state index is 9.99. The van der Waals surface area contributed by atoms with E-state index in [1.165, 1.54) is 0 Å². The van der Waals surface area contributed by atoms with E-state index in [0.717, 1.165) is 0 Å². The van der Waals surface area contributed by atoms with Crippen LogP contribution >= 0.6 is 0 Å². The van der Waals surface area contributed by atoms with Gasteiger partial charge in [0.25, 0.3) is 0 Å². The summed E-state index contributed by atoms with van der Waals surface area (Å²) in [5, 5.41) is 8.10. The van der Waals surface area contributed by atoms with Crippen LogP contribution < -0.4 is 11.5 Å².